The minimum absolute atomic E-state index is 0.282. The lowest BCUT2D eigenvalue weighted by molar-refractivity contribution is 0.0698. The van der Waals surface area contributed by atoms with Crippen LogP contribution >= 0.6 is 0 Å². The SMILES string of the molecule is C=C(CC)Nc1c(C)cccc1C(=O)O. The molecular weight excluding hydrogens is 190 g/mol. The van der Waals surface area contributed by atoms with Crippen molar-refractivity contribution in [2.45, 2.75) is 20.3 Å². The zero-order valence-electron chi connectivity index (χ0n) is 9.00. The molecule has 0 aliphatic carbocycles. The van der Waals surface area contributed by atoms with Crippen LogP contribution in [0, 0.1) is 6.92 Å². The third kappa shape index (κ3) is 2.59. The van der Waals surface area contributed by atoms with E-state index in [4.69, 9.17) is 5.11 Å². The van der Waals surface area contributed by atoms with Crippen LogP contribution in [0.25, 0.3) is 0 Å². The van der Waals surface area contributed by atoms with Crippen molar-refractivity contribution in [2.75, 3.05) is 5.32 Å². The largest absolute Gasteiger partial charge is 0.478 e. The number of aryl methyl sites for hydroxylation is 1. The molecule has 0 saturated heterocycles. The molecule has 1 aromatic carbocycles. The number of hydrogen-bond acceptors (Lipinski definition) is 2. The number of carboxylic acids is 1. The summed E-state index contributed by atoms with van der Waals surface area (Å²) in [7, 11) is 0. The van der Waals surface area contributed by atoms with Gasteiger partial charge in [-0.2, -0.15) is 0 Å². The van der Waals surface area contributed by atoms with Crippen molar-refractivity contribution in [1.29, 1.82) is 0 Å². The quantitative estimate of drug-likeness (QED) is 0.794. The van der Waals surface area contributed by atoms with E-state index < -0.39 is 5.97 Å². The number of hydrogen-bond donors (Lipinski definition) is 2. The highest BCUT2D eigenvalue weighted by molar-refractivity contribution is 5.95. The maximum absolute atomic E-state index is 11.0. The van der Waals surface area contributed by atoms with Gasteiger partial charge in [-0.3, -0.25) is 0 Å². The van der Waals surface area contributed by atoms with Gasteiger partial charge in [-0.15, -0.1) is 0 Å². The van der Waals surface area contributed by atoms with Crippen LogP contribution in [-0.2, 0) is 0 Å². The van der Waals surface area contributed by atoms with E-state index in [1.165, 1.54) is 0 Å². The van der Waals surface area contributed by atoms with E-state index in [0.717, 1.165) is 17.7 Å². The molecule has 0 unspecified atom stereocenters. The number of aromatic carboxylic acids is 1. The fourth-order valence-corrected chi connectivity index (χ4v) is 1.28. The summed E-state index contributed by atoms with van der Waals surface area (Å²) >= 11 is 0. The molecule has 1 rings (SSSR count). The fraction of sp³-hybridized carbons (Fsp3) is 0.250. The summed E-state index contributed by atoms with van der Waals surface area (Å²) in [6.45, 7) is 7.65. The third-order valence-electron chi connectivity index (χ3n) is 2.23. The minimum atomic E-state index is -0.926. The first-order valence-electron chi connectivity index (χ1n) is 4.84. The second-order valence-electron chi connectivity index (χ2n) is 3.38. The van der Waals surface area contributed by atoms with Crippen molar-refractivity contribution in [3.8, 4) is 0 Å². The number of carbonyl (C=O) groups is 1. The molecule has 0 heterocycles. The van der Waals surface area contributed by atoms with Gasteiger partial charge in [-0.05, 0) is 25.0 Å². The molecular formula is C12H15NO2. The van der Waals surface area contributed by atoms with Gasteiger partial charge in [0.2, 0.25) is 0 Å². The summed E-state index contributed by atoms with van der Waals surface area (Å²) in [4.78, 5) is 11.0. The van der Waals surface area contributed by atoms with E-state index in [-0.39, 0.29) is 5.56 Å². The van der Waals surface area contributed by atoms with E-state index >= 15 is 0 Å². The van der Waals surface area contributed by atoms with Crippen molar-refractivity contribution < 1.29 is 9.90 Å². The first-order valence-corrected chi connectivity index (χ1v) is 4.84. The van der Waals surface area contributed by atoms with Gasteiger partial charge < -0.3 is 10.4 Å². The van der Waals surface area contributed by atoms with Crippen LogP contribution in [0.3, 0.4) is 0 Å². The van der Waals surface area contributed by atoms with Crippen molar-refractivity contribution in [3.05, 3.63) is 41.6 Å². The monoisotopic (exact) mass is 205 g/mol. The van der Waals surface area contributed by atoms with Crippen molar-refractivity contribution >= 4 is 11.7 Å². The smallest absolute Gasteiger partial charge is 0.337 e. The van der Waals surface area contributed by atoms with Crippen LogP contribution in [0.1, 0.15) is 29.3 Å². The first-order chi connectivity index (χ1) is 7.06. The Morgan fingerprint density at radius 1 is 1.53 bits per heavy atom. The molecule has 0 amide bonds. The standard InChI is InChI=1S/C12H15NO2/c1-4-9(3)13-11-8(2)6-5-7-10(11)12(14)15/h5-7,13H,3-4H2,1-2H3,(H,14,15). The molecule has 0 aromatic heterocycles. The zero-order valence-corrected chi connectivity index (χ0v) is 9.00. The van der Waals surface area contributed by atoms with E-state index in [1.54, 1.807) is 12.1 Å². The maximum atomic E-state index is 11.0. The van der Waals surface area contributed by atoms with Crippen molar-refractivity contribution in [1.82, 2.24) is 0 Å². The molecule has 15 heavy (non-hydrogen) atoms. The van der Waals surface area contributed by atoms with Gasteiger partial charge in [0.05, 0.1) is 11.3 Å². The van der Waals surface area contributed by atoms with Crippen LogP contribution in [0.5, 0.6) is 0 Å². The lowest BCUT2D eigenvalue weighted by Crippen LogP contribution is -2.06. The van der Waals surface area contributed by atoms with Crippen LogP contribution in [0.2, 0.25) is 0 Å². The molecule has 2 N–H and O–H groups in total. The van der Waals surface area contributed by atoms with Gasteiger partial charge in [0.25, 0.3) is 0 Å². The van der Waals surface area contributed by atoms with Gasteiger partial charge in [-0.25, -0.2) is 4.79 Å². The molecule has 80 valence electrons. The van der Waals surface area contributed by atoms with Crippen molar-refractivity contribution in [2.24, 2.45) is 0 Å². The highest BCUT2D eigenvalue weighted by atomic mass is 16.4. The van der Waals surface area contributed by atoms with E-state index in [0.29, 0.717) is 5.69 Å². The lowest BCUT2D eigenvalue weighted by Gasteiger charge is -2.13. The second kappa shape index (κ2) is 4.64. The zero-order chi connectivity index (χ0) is 11.4. The average molecular weight is 205 g/mol. The predicted molar refractivity (Wildman–Crippen MR) is 61.2 cm³/mol. The van der Waals surface area contributed by atoms with Crippen LogP contribution in [0.4, 0.5) is 5.69 Å². The molecule has 0 radical (unpaired) electrons. The third-order valence-corrected chi connectivity index (χ3v) is 2.23. The van der Waals surface area contributed by atoms with Crippen LogP contribution in [-0.4, -0.2) is 11.1 Å². The van der Waals surface area contributed by atoms with Crippen molar-refractivity contribution in [3.63, 3.8) is 0 Å². The Balaban J connectivity index is 3.13. The van der Waals surface area contributed by atoms with Crippen LogP contribution < -0.4 is 5.32 Å². The van der Waals surface area contributed by atoms with E-state index in [1.807, 2.05) is 19.9 Å². The second-order valence-corrected chi connectivity index (χ2v) is 3.38. The van der Waals surface area contributed by atoms with E-state index in [9.17, 15) is 4.79 Å². The summed E-state index contributed by atoms with van der Waals surface area (Å²) in [6, 6.07) is 5.19. The molecule has 0 fully saturated rings. The number of anilines is 1. The number of benzene rings is 1. The molecule has 3 heteroatoms. The maximum Gasteiger partial charge on any atom is 0.337 e. The molecule has 0 saturated carbocycles. The average Bonchev–Trinajstić information content (AvgIpc) is 2.20. The van der Waals surface area contributed by atoms with Gasteiger partial charge in [0.1, 0.15) is 0 Å². The summed E-state index contributed by atoms with van der Waals surface area (Å²) in [6.07, 6.45) is 0.771. The molecule has 0 aliphatic heterocycles. The van der Waals surface area contributed by atoms with E-state index in [2.05, 4.69) is 11.9 Å². The number of carboxylic acid groups (broad SMARTS) is 1. The highest BCUT2D eigenvalue weighted by Gasteiger charge is 2.11. The Hall–Kier alpha value is -1.77. The molecule has 0 spiro atoms. The van der Waals surface area contributed by atoms with Gasteiger partial charge in [0, 0.05) is 5.70 Å². The Morgan fingerprint density at radius 2 is 2.20 bits per heavy atom. The van der Waals surface area contributed by atoms with Gasteiger partial charge in [0.15, 0.2) is 0 Å². The molecule has 1 aromatic rings. The van der Waals surface area contributed by atoms with Gasteiger partial charge >= 0.3 is 5.97 Å². The Bertz CT molecular complexity index is 397. The number of allylic oxidation sites excluding steroid dienone is 1. The summed E-state index contributed by atoms with van der Waals surface area (Å²) < 4.78 is 0. The molecule has 0 atom stereocenters. The first kappa shape index (κ1) is 11.3. The summed E-state index contributed by atoms with van der Waals surface area (Å²) in [5, 5.41) is 12.0. The predicted octanol–water partition coefficient (Wildman–Crippen LogP) is 3.03. The van der Waals surface area contributed by atoms with Crippen LogP contribution in [0.15, 0.2) is 30.5 Å². The summed E-state index contributed by atoms with van der Waals surface area (Å²) in [5.74, 6) is -0.926. The minimum Gasteiger partial charge on any atom is -0.478 e. The molecule has 3 nitrogen and oxygen atoms in total. The Labute approximate surface area is 89.4 Å². The Kier molecular flexibility index (Phi) is 3.50. The topological polar surface area (TPSA) is 49.3 Å². The number of nitrogens with one attached hydrogen (secondary N) is 1. The number of rotatable bonds is 4. The molecule has 0 aliphatic rings. The van der Waals surface area contributed by atoms with Gasteiger partial charge in [-0.1, -0.05) is 25.6 Å². The Morgan fingerprint density at radius 3 is 2.73 bits per heavy atom. The highest BCUT2D eigenvalue weighted by Crippen LogP contribution is 2.22. The molecule has 0 bridgehead atoms. The lowest BCUT2D eigenvalue weighted by atomic mass is 10.1. The summed E-state index contributed by atoms with van der Waals surface area (Å²) in [5.41, 5.74) is 2.64. The normalized spacial score (nSPS) is 9.73. The fourth-order valence-electron chi connectivity index (χ4n) is 1.28. The number of para-hydroxylation sites is 1.